The van der Waals surface area contributed by atoms with Crippen LogP contribution >= 0.6 is 15.9 Å². The molecular formula is C15H11BrF2N2O. The highest BCUT2D eigenvalue weighted by Gasteiger charge is 2.10. The van der Waals surface area contributed by atoms with Crippen molar-refractivity contribution in [1.29, 1.82) is 0 Å². The molecule has 0 saturated carbocycles. The molecule has 2 rings (SSSR count). The van der Waals surface area contributed by atoms with Crippen molar-refractivity contribution in [2.24, 2.45) is 0 Å². The molecule has 2 aromatic rings. The average molecular weight is 353 g/mol. The van der Waals surface area contributed by atoms with E-state index >= 15 is 0 Å². The van der Waals surface area contributed by atoms with E-state index in [4.69, 9.17) is 0 Å². The minimum atomic E-state index is -0.831. The maximum atomic E-state index is 13.3. The Labute approximate surface area is 128 Å². The van der Waals surface area contributed by atoms with Crippen molar-refractivity contribution in [2.75, 3.05) is 5.32 Å². The molecule has 6 heteroatoms. The van der Waals surface area contributed by atoms with Crippen molar-refractivity contribution in [3.05, 3.63) is 70.3 Å². The van der Waals surface area contributed by atoms with E-state index in [2.05, 4.69) is 26.6 Å². The van der Waals surface area contributed by atoms with Crippen LogP contribution in [0.5, 0.6) is 0 Å². The van der Waals surface area contributed by atoms with Crippen molar-refractivity contribution in [3.8, 4) is 0 Å². The molecule has 0 aliphatic heterocycles. The molecule has 2 aromatic carbocycles. The summed E-state index contributed by atoms with van der Waals surface area (Å²) in [6.45, 7) is 0. The molecule has 0 spiro atoms. The lowest BCUT2D eigenvalue weighted by Crippen LogP contribution is -2.24. The summed E-state index contributed by atoms with van der Waals surface area (Å²) in [6.07, 6.45) is 3.04. The van der Waals surface area contributed by atoms with E-state index in [-0.39, 0.29) is 0 Å². The third-order valence-corrected chi connectivity index (χ3v) is 3.09. The van der Waals surface area contributed by atoms with Crippen molar-refractivity contribution < 1.29 is 13.6 Å². The van der Waals surface area contributed by atoms with E-state index < -0.39 is 23.4 Å². The molecule has 0 aromatic heterocycles. The monoisotopic (exact) mass is 352 g/mol. The van der Waals surface area contributed by atoms with Crippen LogP contribution in [0, 0.1) is 11.6 Å². The van der Waals surface area contributed by atoms with Crippen molar-refractivity contribution in [3.63, 3.8) is 0 Å². The molecule has 2 amide bonds. The summed E-state index contributed by atoms with van der Waals surface area (Å²) < 4.78 is 27.6. The van der Waals surface area contributed by atoms with Gasteiger partial charge in [-0.3, -0.25) is 0 Å². The van der Waals surface area contributed by atoms with Crippen LogP contribution in [0.3, 0.4) is 0 Å². The van der Waals surface area contributed by atoms with Gasteiger partial charge in [0.1, 0.15) is 17.3 Å². The third kappa shape index (κ3) is 4.39. The number of carbonyl (C=O) groups excluding carboxylic acids is 1. The molecule has 0 radical (unpaired) electrons. The number of anilines is 1. The molecule has 0 aliphatic carbocycles. The molecule has 2 N–H and O–H groups in total. The molecule has 0 bridgehead atoms. The van der Waals surface area contributed by atoms with E-state index in [1.165, 1.54) is 12.3 Å². The highest BCUT2D eigenvalue weighted by Crippen LogP contribution is 2.17. The predicted molar refractivity (Wildman–Crippen MR) is 81.7 cm³/mol. The first-order valence-electron chi connectivity index (χ1n) is 6.00. The first-order valence-corrected chi connectivity index (χ1v) is 6.79. The lowest BCUT2D eigenvalue weighted by atomic mass is 10.2. The minimum absolute atomic E-state index is 0.480. The minimum Gasteiger partial charge on any atom is -0.314 e. The zero-order valence-corrected chi connectivity index (χ0v) is 12.3. The summed E-state index contributed by atoms with van der Waals surface area (Å²) >= 11 is 3.31. The molecule has 0 fully saturated rings. The van der Waals surface area contributed by atoms with Gasteiger partial charge in [0.25, 0.3) is 0 Å². The average Bonchev–Trinajstić information content (AvgIpc) is 2.45. The topological polar surface area (TPSA) is 41.1 Å². The lowest BCUT2D eigenvalue weighted by molar-refractivity contribution is 0.255. The normalized spacial score (nSPS) is 10.6. The zero-order valence-electron chi connectivity index (χ0n) is 10.7. The second-order valence-corrected chi connectivity index (χ2v) is 5.00. The Morgan fingerprint density at radius 2 is 1.67 bits per heavy atom. The van der Waals surface area contributed by atoms with Crippen LogP contribution in [0.15, 0.2) is 53.1 Å². The molecular weight excluding hydrogens is 342 g/mol. The van der Waals surface area contributed by atoms with Gasteiger partial charge in [-0.25, -0.2) is 13.6 Å². The second kappa shape index (κ2) is 6.99. The van der Waals surface area contributed by atoms with E-state index in [1.54, 1.807) is 6.08 Å². The Kier molecular flexibility index (Phi) is 5.05. The van der Waals surface area contributed by atoms with Gasteiger partial charge in [0, 0.05) is 10.7 Å². The molecule has 108 valence electrons. The predicted octanol–water partition coefficient (Wildman–Crippen LogP) is 4.52. The number of urea groups is 1. The van der Waals surface area contributed by atoms with Gasteiger partial charge in [0.05, 0.1) is 0 Å². The molecule has 21 heavy (non-hydrogen) atoms. The zero-order chi connectivity index (χ0) is 15.2. The highest BCUT2D eigenvalue weighted by atomic mass is 79.9. The van der Waals surface area contributed by atoms with Crippen molar-refractivity contribution >= 4 is 33.7 Å². The number of halogens is 3. The van der Waals surface area contributed by atoms with E-state index in [0.717, 1.165) is 22.2 Å². The van der Waals surface area contributed by atoms with Crippen LogP contribution in [0.25, 0.3) is 6.08 Å². The number of rotatable bonds is 3. The van der Waals surface area contributed by atoms with Gasteiger partial charge in [-0.1, -0.05) is 34.1 Å². The fraction of sp³-hybridized carbons (Fsp3) is 0. The molecule has 0 heterocycles. The Morgan fingerprint density at radius 1 is 1.05 bits per heavy atom. The molecule has 3 nitrogen and oxygen atoms in total. The quantitative estimate of drug-likeness (QED) is 0.837. The van der Waals surface area contributed by atoms with Crippen molar-refractivity contribution in [2.45, 2.75) is 0 Å². The number of hydrogen-bond donors (Lipinski definition) is 2. The first kappa shape index (κ1) is 15.2. The van der Waals surface area contributed by atoms with Crippen molar-refractivity contribution in [1.82, 2.24) is 5.32 Å². The summed E-state index contributed by atoms with van der Waals surface area (Å²) in [5.74, 6) is -1.66. The molecule has 0 unspecified atom stereocenters. The largest absolute Gasteiger partial charge is 0.323 e. The van der Waals surface area contributed by atoms with Crippen LogP contribution in [0.4, 0.5) is 19.3 Å². The number of para-hydroxylation sites is 1. The molecule has 0 atom stereocenters. The Hall–Kier alpha value is -2.21. The summed E-state index contributed by atoms with van der Waals surface area (Å²) in [5, 5.41) is 4.49. The summed E-state index contributed by atoms with van der Waals surface area (Å²) in [5.41, 5.74) is 0.391. The first-order chi connectivity index (χ1) is 10.1. The number of hydrogen-bond acceptors (Lipinski definition) is 1. The number of carbonyl (C=O) groups is 1. The maximum Gasteiger partial charge on any atom is 0.323 e. The van der Waals surface area contributed by atoms with E-state index in [1.807, 2.05) is 24.3 Å². The SMILES string of the molecule is O=C(N/C=C/c1ccc(Br)cc1)Nc1c(F)cccc1F. The molecule has 0 saturated heterocycles. The summed E-state index contributed by atoms with van der Waals surface area (Å²) in [4.78, 5) is 11.5. The van der Waals surface area contributed by atoms with E-state index in [9.17, 15) is 13.6 Å². The highest BCUT2D eigenvalue weighted by molar-refractivity contribution is 9.10. The van der Waals surface area contributed by atoms with Crippen LogP contribution < -0.4 is 10.6 Å². The number of amides is 2. The van der Waals surface area contributed by atoms with Gasteiger partial charge in [-0.05, 0) is 35.9 Å². The third-order valence-electron chi connectivity index (χ3n) is 2.56. The maximum absolute atomic E-state index is 13.3. The van der Waals surface area contributed by atoms with Gasteiger partial charge in [0.2, 0.25) is 0 Å². The van der Waals surface area contributed by atoms with Gasteiger partial charge >= 0.3 is 6.03 Å². The second-order valence-electron chi connectivity index (χ2n) is 4.08. The Bertz CT molecular complexity index is 652. The molecule has 0 aliphatic rings. The number of nitrogens with one attached hydrogen (secondary N) is 2. The fourth-order valence-electron chi connectivity index (χ4n) is 1.55. The van der Waals surface area contributed by atoms with Gasteiger partial charge < -0.3 is 10.6 Å². The van der Waals surface area contributed by atoms with Crippen LogP contribution in [-0.2, 0) is 0 Å². The van der Waals surface area contributed by atoms with Gasteiger partial charge in [-0.15, -0.1) is 0 Å². The Morgan fingerprint density at radius 3 is 2.29 bits per heavy atom. The standard InChI is InChI=1S/C15H11BrF2N2O/c16-11-6-4-10(5-7-11)8-9-19-15(21)20-14-12(17)2-1-3-13(14)18/h1-9H,(H2,19,20,21)/b9-8+. The van der Waals surface area contributed by atoms with Gasteiger partial charge in [0.15, 0.2) is 0 Å². The van der Waals surface area contributed by atoms with E-state index in [0.29, 0.717) is 0 Å². The van der Waals surface area contributed by atoms with Crippen LogP contribution in [0.2, 0.25) is 0 Å². The lowest BCUT2D eigenvalue weighted by Gasteiger charge is -2.06. The smallest absolute Gasteiger partial charge is 0.314 e. The van der Waals surface area contributed by atoms with Gasteiger partial charge in [-0.2, -0.15) is 0 Å². The summed E-state index contributed by atoms with van der Waals surface area (Å²) in [6, 6.07) is 10.0. The Balaban J connectivity index is 1.95. The van der Waals surface area contributed by atoms with Crippen LogP contribution in [0.1, 0.15) is 5.56 Å². The summed E-state index contributed by atoms with van der Waals surface area (Å²) in [7, 11) is 0. The fourth-order valence-corrected chi connectivity index (χ4v) is 1.82. The van der Waals surface area contributed by atoms with Crippen LogP contribution in [-0.4, -0.2) is 6.03 Å². The number of benzene rings is 2.